The summed E-state index contributed by atoms with van der Waals surface area (Å²) in [4.78, 5) is 34.0. The molecule has 0 aromatic carbocycles. The number of aliphatic carboxylic acids is 2. The molecule has 0 spiro atoms. The average molecular weight is 439 g/mol. The van der Waals surface area contributed by atoms with Crippen LogP contribution in [0.3, 0.4) is 0 Å². The Labute approximate surface area is 187 Å². The van der Waals surface area contributed by atoms with Crippen LogP contribution in [0.25, 0.3) is 0 Å². The van der Waals surface area contributed by atoms with Gasteiger partial charge in [-0.05, 0) is 62.4 Å². The van der Waals surface area contributed by atoms with Crippen molar-refractivity contribution in [1.29, 1.82) is 0 Å². The minimum absolute atomic E-state index is 0.0170. The highest BCUT2D eigenvalue weighted by Crippen LogP contribution is 2.26. The predicted octanol–water partition coefficient (Wildman–Crippen LogP) is 5.72. The van der Waals surface area contributed by atoms with Crippen molar-refractivity contribution in [2.45, 2.75) is 80.6 Å². The SMILES string of the molecule is CCC(C)CC(C)CC(C)CC(C)/C=C(C)/C=C(/CC(C)C(=O)OCC(=O)O)C(=O)O. The van der Waals surface area contributed by atoms with Crippen LogP contribution in [0.1, 0.15) is 80.6 Å². The van der Waals surface area contributed by atoms with Gasteiger partial charge in [0.2, 0.25) is 0 Å². The molecule has 0 aliphatic rings. The van der Waals surface area contributed by atoms with E-state index in [9.17, 15) is 19.5 Å². The molecule has 31 heavy (non-hydrogen) atoms. The summed E-state index contributed by atoms with van der Waals surface area (Å²) in [7, 11) is 0. The molecule has 0 fully saturated rings. The third-order valence-corrected chi connectivity index (χ3v) is 5.57. The number of hydrogen-bond acceptors (Lipinski definition) is 4. The highest BCUT2D eigenvalue weighted by Gasteiger charge is 2.21. The summed E-state index contributed by atoms with van der Waals surface area (Å²) in [6.45, 7) is 13.9. The summed E-state index contributed by atoms with van der Waals surface area (Å²) in [6, 6.07) is 0. The summed E-state index contributed by atoms with van der Waals surface area (Å²) in [5.74, 6) is -1.44. The molecule has 0 aliphatic carbocycles. The molecule has 2 N–H and O–H groups in total. The van der Waals surface area contributed by atoms with Gasteiger partial charge in [0.15, 0.2) is 6.61 Å². The highest BCUT2D eigenvalue weighted by molar-refractivity contribution is 5.88. The molecule has 0 aromatic rings. The van der Waals surface area contributed by atoms with Crippen LogP contribution < -0.4 is 0 Å². The molecule has 0 aromatic heterocycles. The number of allylic oxidation sites excluding steroid dienone is 3. The number of rotatable bonds is 15. The number of carboxylic acids is 2. The van der Waals surface area contributed by atoms with Gasteiger partial charge in [-0.25, -0.2) is 9.59 Å². The maximum absolute atomic E-state index is 11.8. The minimum Gasteiger partial charge on any atom is -0.479 e. The van der Waals surface area contributed by atoms with E-state index in [0.717, 1.165) is 17.9 Å². The van der Waals surface area contributed by atoms with Crippen LogP contribution in [0.5, 0.6) is 0 Å². The second-order valence-corrected chi connectivity index (χ2v) is 9.40. The fourth-order valence-electron chi connectivity index (χ4n) is 4.10. The van der Waals surface area contributed by atoms with Gasteiger partial charge in [0, 0.05) is 5.57 Å². The monoisotopic (exact) mass is 438 g/mol. The normalized spacial score (nSPS) is 17.4. The Morgan fingerprint density at radius 3 is 1.97 bits per heavy atom. The molecule has 0 rings (SSSR count). The smallest absolute Gasteiger partial charge is 0.341 e. The summed E-state index contributed by atoms with van der Waals surface area (Å²) in [5, 5.41) is 18.1. The Hall–Kier alpha value is -2.11. The third-order valence-electron chi connectivity index (χ3n) is 5.57. The van der Waals surface area contributed by atoms with Crippen molar-refractivity contribution >= 4 is 17.9 Å². The van der Waals surface area contributed by atoms with Crippen LogP contribution in [0.2, 0.25) is 0 Å². The lowest BCUT2D eigenvalue weighted by Crippen LogP contribution is -2.20. The van der Waals surface area contributed by atoms with Gasteiger partial charge in [0.1, 0.15) is 0 Å². The molecule has 0 saturated heterocycles. The van der Waals surface area contributed by atoms with Crippen molar-refractivity contribution < 1.29 is 29.3 Å². The Bertz CT molecular complexity index is 648. The van der Waals surface area contributed by atoms with Crippen molar-refractivity contribution in [3.63, 3.8) is 0 Å². The molecule has 5 atom stereocenters. The zero-order valence-corrected chi connectivity index (χ0v) is 20.3. The van der Waals surface area contributed by atoms with Gasteiger partial charge < -0.3 is 14.9 Å². The maximum Gasteiger partial charge on any atom is 0.341 e. The summed E-state index contributed by atoms with van der Waals surface area (Å²) in [5.41, 5.74) is 0.951. The number of esters is 1. The Morgan fingerprint density at radius 1 is 0.903 bits per heavy atom. The lowest BCUT2D eigenvalue weighted by Gasteiger charge is -2.21. The first-order valence-electron chi connectivity index (χ1n) is 11.4. The fraction of sp³-hybridized carbons (Fsp3) is 0.720. The van der Waals surface area contributed by atoms with Crippen molar-refractivity contribution in [3.05, 3.63) is 23.3 Å². The van der Waals surface area contributed by atoms with Crippen LogP contribution in [0.15, 0.2) is 23.3 Å². The van der Waals surface area contributed by atoms with E-state index in [1.165, 1.54) is 26.2 Å². The third kappa shape index (κ3) is 13.7. The van der Waals surface area contributed by atoms with Crippen molar-refractivity contribution in [3.8, 4) is 0 Å². The van der Waals surface area contributed by atoms with Gasteiger partial charge in [-0.3, -0.25) is 4.79 Å². The van der Waals surface area contributed by atoms with E-state index in [4.69, 9.17) is 5.11 Å². The average Bonchev–Trinajstić information content (AvgIpc) is 2.64. The van der Waals surface area contributed by atoms with E-state index in [2.05, 4.69) is 45.4 Å². The zero-order chi connectivity index (χ0) is 24.1. The standard InChI is InChI=1S/C25H42O6/c1-8-16(2)9-17(3)10-18(4)11-19(5)12-20(6)13-22(24(28)29)14-21(7)25(30)31-15-23(26)27/h12-13,16-19,21H,8-11,14-15H2,1-7H3,(H,26,27)(H,28,29)/b20-12+,22-13-. The number of carbonyl (C=O) groups is 3. The van der Waals surface area contributed by atoms with E-state index < -0.39 is 30.4 Å². The number of carboxylic acid groups (broad SMARTS) is 2. The molecule has 0 aliphatic heterocycles. The van der Waals surface area contributed by atoms with Crippen LogP contribution in [-0.4, -0.2) is 34.7 Å². The van der Waals surface area contributed by atoms with Crippen molar-refractivity contribution in [2.24, 2.45) is 29.6 Å². The van der Waals surface area contributed by atoms with Crippen LogP contribution in [-0.2, 0) is 19.1 Å². The van der Waals surface area contributed by atoms with E-state index in [0.29, 0.717) is 17.8 Å². The van der Waals surface area contributed by atoms with E-state index in [1.54, 1.807) is 6.08 Å². The number of hydrogen-bond donors (Lipinski definition) is 2. The molecule has 0 radical (unpaired) electrons. The van der Waals surface area contributed by atoms with Gasteiger partial charge in [-0.1, -0.05) is 59.6 Å². The molecule has 0 saturated carbocycles. The van der Waals surface area contributed by atoms with Gasteiger partial charge in [0.05, 0.1) is 5.92 Å². The fourth-order valence-corrected chi connectivity index (χ4v) is 4.10. The van der Waals surface area contributed by atoms with Crippen LogP contribution in [0, 0.1) is 29.6 Å². The lowest BCUT2D eigenvalue weighted by molar-refractivity contribution is -0.157. The molecule has 0 heterocycles. The minimum atomic E-state index is -1.24. The lowest BCUT2D eigenvalue weighted by atomic mass is 9.84. The summed E-state index contributed by atoms with van der Waals surface area (Å²) >= 11 is 0. The molecule has 178 valence electrons. The Kier molecular flexibility index (Phi) is 13.8. The first kappa shape index (κ1) is 28.9. The molecule has 0 bridgehead atoms. The Balaban J connectivity index is 4.92. The first-order valence-corrected chi connectivity index (χ1v) is 11.4. The van der Waals surface area contributed by atoms with E-state index in [-0.39, 0.29) is 12.0 Å². The van der Waals surface area contributed by atoms with Crippen LogP contribution in [0.4, 0.5) is 0 Å². The first-order chi connectivity index (χ1) is 14.3. The molecule has 6 heteroatoms. The Morgan fingerprint density at radius 2 is 1.45 bits per heavy atom. The van der Waals surface area contributed by atoms with Gasteiger partial charge in [-0.15, -0.1) is 0 Å². The van der Waals surface area contributed by atoms with Crippen LogP contribution >= 0.6 is 0 Å². The van der Waals surface area contributed by atoms with Gasteiger partial charge >= 0.3 is 17.9 Å². The topological polar surface area (TPSA) is 101 Å². The summed E-state index contributed by atoms with van der Waals surface area (Å²) < 4.78 is 4.65. The molecular weight excluding hydrogens is 396 g/mol. The van der Waals surface area contributed by atoms with E-state index in [1.807, 2.05) is 6.92 Å². The van der Waals surface area contributed by atoms with E-state index >= 15 is 0 Å². The summed E-state index contributed by atoms with van der Waals surface area (Å²) in [6.07, 6.45) is 8.34. The highest BCUT2D eigenvalue weighted by atomic mass is 16.5. The predicted molar refractivity (Wildman–Crippen MR) is 123 cm³/mol. The number of ether oxygens (including phenoxy) is 1. The maximum atomic E-state index is 11.8. The van der Waals surface area contributed by atoms with Crippen molar-refractivity contribution in [1.82, 2.24) is 0 Å². The molecule has 6 nitrogen and oxygen atoms in total. The van der Waals surface area contributed by atoms with Gasteiger partial charge in [-0.2, -0.15) is 0 Å². The van der Waals surface area contributed by atoms with Gasteiger partial charge in [0.25, 0.3) is 0 Å². The van der Waals surface area contributed by atoms with Crippen molar-refractivity contribution in [2.75, 3.05) is 6.61 Å². The number of carbonyl (C=O) groups excluding carboxylic acids is 1. The quantitative estimate of drug-likeness (QED) is 0.193. The largest absolute Gasteiger partial charge is 0.479 e. The second-order valence-electron chi connectivity index (χ2n) is 9.40. The molecule has 5 unspecified atom stereocenters. The zero-order valence-electron chi connectivity index (χ0n) is 20.3. The second kappa shape index (κ2) is 14.8. The molecular formula is C25H42O6. The molecule has 0 amide bonds.